The molecule has 0 N–H and O–H groups in total. The molecule has 0 saturated carbocycles. The van der Waals surface area contributed by atoms with Gasteiger partial charge in [0.15, 0.2) is 0 Å². The van der Waals surface area contributed by atoms with Gasteiger partial charge in [-0.15, -0.1) is 0 Å². The fourth-order valence-electron chi connectivity index (χ4n) is 1.22. The first kappa shape index (κ1) is 13.6. The van der Waals surface area contributed by atoms with Gasteiger partial charge in [0.25, 0.3) is 0 Å². The minimum absolute atomic E-state index is 0.811. The van der Waals surface area contributed by atoms with Gasteiger partial charge in [-0.25, -0.2) is 9.50 Å². The Hall–Kier alpha value is -1.38. The largest absolute Gasteiger partial charge is 0.237 e. The van der Waals surface area contributed by atoms with E-state index in [1.54, 1.807) is 0 Å². The predicted molar refractivity (Wildman–Crippen MR) is 65.2 cm³/mol. The van der Waals surface area contributed by atoms with E-state index in [0.717, 1.165) is 17.0 Å². The van der Waals surface area contributed by atoms with Crippen molar-refractivity contribution in [3.8, 4) is 0 Å². The van der Waals surface area contributed by atoms with Crippen LogP contribution in [0, 0.1) is 13.8 Å². The number of fused-ring (bicyclic) bond motifs is 1. The van der Waals surface area contributed by atoms with Crippen molar-refractivity contribution in [3.63, 3.8) is 0 Å². The number of hydrogen-bond acceptors (Lipinski definition) is 2. The molecule has 84 valence electrons. The SMILES string of the molecule is CC.CC.Cc1nc(C)c2cccn2n1. The summed E-state index contributed by atoms with van der Waals surface area (Å²) in [5, 5.41) is 4.20. The van der Waals surface area contributed by atoms with Crippen molar-refractivity contribution in [2.24, 2.45) is 0 Å². The van der Waals surface area contributed by atoms with Crippen LogP contribution in [0.1, 0.15) is 39.2 Å². The minimum atomic E-state index is 0.811. The Labute approximate surface area is 92.2 Å². The Morgan fingerprint density at radius 1 is 1.07 bits per heavy atom. The normalized spacial score (nSPS) is 8.67. The third-order valence-electron chi connectivity index (χ3n) is 1.68. The summed E-state index contributed by atoms with van der Waals surface area (Å²) in [4.78, 5) is 4.24. The Balaban J connectivity index is 0.000000442. The predicted octanol–water partition coefficient (Wildman–Crippen LogP) is 3.40. The highest BCUT2D eigenvalue weighted by atomic mass is 15.2. The molecule has 2 aromatic rings. The molecule has 2 rings (SSSR count). The van der Waals surface area contributed by atoms with E-state index in [9.17, 15) is 0 Å². The third kappa shape index (κ3) is 3.35. The van der Waals surface area contributed by atoms with Gasteiger partial charge in [-0.2, -0.15) is 5.10 Å². The molecule has 15 heavy (non-hydrogen) atoms. The number of aromatic nitrogens is 3. The molecule has 0 radical (unpaired) electrons. The van der Waals surface area contributed by atoms with Gasteiger partial charge in [0.1, 0.15) is 5.82 Å². The summed E-state index contributed by atoms with van der Waals surface area (Å²) in [6, 6.07) is 3.98. The van der Waals surface area contributed by atoms with Gasteiger partial charge in [-0.3, -0.25) is 0 Å². The van der Waals surface area contributed by atoms with Crippen molar-refractivity contribution >= 4 is 5.52 Å². The average Bonchev–Trinajstić information content (AvgIpc) is 2.72. The van der Waals surface area contributed by atoms with Gasteiger partial charge < -0.3 is 0 Å². The molecule has 0 fully saturated rings. The molecule has 2 heterocycles. The Morgan fingerprint density at radius 3 is 2.27 bits per heavy atom. The zero-order chi connectivity index (χ0) is 11.8. The van der Waals surface area contributed by atoms with Crippen LogP contribution in [0.15, 0.2) is 18.3 Å². The highest BCUT2D eigenvalue weighted by Crippen LogP contribution is 2.06. The lowest BCUT2D eigenvalue weighted by Crippen LogP contribution is -1.98. The monoisotopic (exact) mass is 207 g/mol. The molecule has 3 heteroatoms. The van der Waals surface area contributed by atoms with E-state index in [1.807, 2.05) is 64.4 Å². The number of aryl methyl sites for hydroxylation is 2. The highest BCUT2D eigenvalue weighted by molar-refractivity contribution is 5.50. The second-order valence-corrected chi connectivity index (χ2v) is 2.58. The molecule has 0 aliphatic carbocycles. The van der Waals surface area contributed by atoms with Gasteiger partial charge in [-0.05, 0) is 26.0 Å². The van der Waals surface area contributed by atoms with Crippen LogP contribution in [0.25, 0.3) is 5.52 Å². The van der Waals surface area contributed by atoms with Crippen molar-refractivity contribution in [1.29, 1.82) is 0 Å². The molecule has 2 aromatic heterocycles. The topological polar surface area (TPSA) is 30.2 Å². The van der Waals surface area contributed by atoms with Crippen LogP contribution in [-0.2, 0) is 0 Å². The highest BCUT2D eigenvalue weighted by Gasteiger charge is 1.98. The smallest absolute Gasteiger partial charge is 0.146 e. The van der Waals surface area contributed by atoms with Gasteiger partial charge in [0.2, 0.25) is 0 Å². The van der Waals surface area contributed by atoms with Gasteiger partial charge in [0.05, 0.1) is 11.2 Å². The molecule has 0 aliphatic heterocycles. The maximum Gasteiger partial charge on any atom is 0.146 e. The Morgan fingerprint density at radius 2 is 1.67 bits per heavy atom. The van der Waals surface area contributed by atoms with Crippen LogP contribution in [0.3, 0.4) is 0 Å². The van der Waals surface area contributed by atoms with Crippen LogP contribution in [0.4, 0.5) is 0 Å². The first-order valence-corrected chi connectivity index (χ1v) is 5.56. The van der Waals surface area contributed by atoms with E-state index in [0.29, 0.717) is 0 Å². The molecule has 0 aliphatic rings. The summed E-state index contributed by atoms with van der Waals surface area (Å²) in [5.74, 6) is 0.811. The fourth-order valence-corrected chi connectivity index (χ4v) is 1.22. The summed E-state index contributed by atoms with van der Waals surface area (Å²) < 4.78 is 1.84. The quantitative estimate of drug-likeness (QED) is 0.662. The van der Waals surface area contributed by atoms with Crippen LogP contribution in [0.5, 0.6) is 0 Å². The van der Waals surface area contributed by atoms with Crippen molar-refractivity contribution < 1.29 is 0 Å². The summed E-state index contributed by atoms with van der Waals surface area (Å²) in [6.45, 7) is 11.9. The van der Waals surface area contributed by atoms with Crippen molar-refractivity contribution in [1.82, 2.24) is 14.6 Å². The Kier molecular flexibility index (Phi) is 6.34. The van der Waals surface area contributed by atoms with Crippen molar-refractivity contribution in [2.75, 3.05) is 0 Å². The standard InChI is InChI=1S/C8H9N3.2C2H6/c1-6-8-4-3-5-11(8)10-7(2)9-6;2*1-2/h3-5H,1-2H3;2*1-2H3. The van der Waals surface area contributed by atoms with E-state index < -0.39 is 0 Å². The summed E-state index contributed by atoms with van der Waals surface area (Å²) in [5.41, 5.74) is 2.11. The summed E-state index contributed by atoms with van der Waals surface area (Å²) >= 11 is 0. The summed E-state index contributed by atoms with van der Waals surface area (Å²) in [6.07, 6.45) is 1.93. The van der Waals surface area contributed by atoms with Crippen LogP contribution < -0.4 is 0 Å². The van der Waals surface area contributed by atoms with E-state index in [-0.39, 0.29) is 0 Å². The molecule has 0 spiro atoms. The zero-order valence-corrected chi connectivity index (χ0v) is 10.6. The zero-order valence-electron chi connectivity index (χ0n) is 10.6. The molecule has 0 saturated heterocycles. The lowest BCUT2D eigenvalue weighted by Gasteiger charge is -1.98. The first-order chi connectivity index (χ1) is 7.27. The lowest BCUT2D eigenvalue weighted by atomic mass is 10.4. The fraction of sp³-hybridized carbons (Fsp3) is 0.500. The van der Waals surface area contributed by atoms with Crippen LogP contribution in [0.2, 0.25) is 0 Å². The van der Waals surface area contributed by atoms with Gasteiger partial charge >= 0.3 is 0 Å². The second kappa shape index (κ2) is 6.98. The minimum Gasteiger partial charge on any atom is -0.237 e. The van der Waals surface area contributed by atoms with E-state index in [2.05, 4.69) is 10.1 Å². The molecule has 0 unspecified atom stereocenters. The third-order valence-corrected chi connectivity index (χ3v) is 1.68. The number of rotatable bonds is 0. The number of hydrogen-bond donors (Lipinski definition) is 0. The molecule has 0 atom stereocenters. The van der Waals surface area contributed by atoms with Crippen LogP contribution in [-0.4, -0.2) is 14.6 Å². The maximum absolute atomic E-state index is 4.24. The lowest BCUT2D eigenvalue weighted by molar-refractivity contribution is 0.841. The number of nitrogens with zero attached hydrogens (tertiary/aromatic N) is 3. The summed E-state index contributed by atoms with van der Waals surface area (Å²) in [7, 11) is 0. The van der Waals surface area contributed by atoms with Gasteiger partial charge in [-0.1, -0.05) is 27.7 Å². The average molecular weight is 207 g/mol. The van der Waals surface area contributed by atoms with Crippen LogP contribution >= 0.6 is 0 Å². The molecular weight excluding hydrogens is 186 g/mol. The van der Waals surface area contributed by atoms with E-state index in [1.165, 1.54) is 0 Å². The maximum atomic E-state index is 4.24. The molecule has 0 amide bonds. The second-order valence-electron chi connectivity index (χ2n) is 2.58. The first-order valence-electron chi connectivity index (χ1n) is 5.56. The van der Waals surface area contributed by atoms with E-state index in [4.69, 9.17) is 0 Å². The molecule has 0 aromatic carbocycles. The van der Waals surface area contributed by atoms with Crippen molar-refractivity contribution in [2.45, 2.75) is 41.5 Å². The van der Waals surface area contributed by atoms with Gasteiger partial charge in [0, 0.05) is 6.20 Å². The molecular formula is C12H21N3. The molecule has 3 nitrogen and oxygen atoms in total. The van der Waals surface area contributed by atoms with E-state index >= 15 is 0 Å². The molecule has 0 bridgehead atoms. The van der Waals surface area contributed by atoms with Crippen molar-refractivity contribution in [3.05, 3.63) is 29.8 Å². The Bertz CT molecular complexity index is 391.